The fraction of sp³-hybridized carbons (Fsp3) is 0.400. The lowest BCUT2D eigenvalue weighted by atomic mass is 10.0. The summed E-state index contributed by atoms with van der Waals surface area (Å²) in [6.07, 6.45) is -2.52. The summed E-state index contributed by atoms with van der Waals surface area (Å²) in [4.78, 5) is 33.0. The number of amides is 1. The van der Waals surface area contributed by atoms with Crippen molar-refractivity contribution < 1.29 is 27.1 Å². The molecule has 0 atom stereocenters. The van der Waals surface area contributed by atoms with Gasteiger partial charge in [0.1, 0.15) is 17.2 Å². The first-order chi connectivity index (χ1) is 16.7. The lowest BCUT2D eigenvalue weighted by molar-refractivity contribution is -0.137. The van der Waals surface area contributed by atoms with Gasteiger partial charge in [-0.05, 0) is 49.6 Å². The van der Waals surface area contributed by atoms with E-state index < -0.39 is 17.4 Å². The molecule has 186 valence electrons. The number of aromatic nitrogens is 1. The summed E-state index contributed by atoms with van der Waals surface area (Å²) in [6.45, 7) is 3.84. The SMILES string of the molecule is COc1ccc2c(C)c(CCC(=O)N3CCCN(c4ccc(C(F)(F)F)cn4)CC3)c(=O)oc2c1. The lowest BCUT2D eigenvalue weighted by Gasteiger charge is -2.23. The van der Waals surface area contributed by atoms with Crippen LogP contribution >= 0.6 is 0 Å². The van der Waals surface area contributed by atoms with E-state index in [9.17, 15) is 22.8 Å². The molecule has 1 aliphatic rings. The largest absolute Gasteiger partial charge is 0.497 e. The minimum absolute atomic E-state index is 0.0825. The van der Waals surface area contributed by atoms with Gasteiger partial charge in [0.15, 0.2) is 0 Å². The molecule has 7 nitrogen and oxygen atoms in total. The van der Waals surface area contributed by atoms with E-state index in [1.54, 1.807) is 17.0 Å². The molecule has 3 heterocycles. The monoisotopic (exact) mass is 489 g/mol. The quantitative estimate of drug-likeness (QED) is 0.500. The number of carbonyl (C=O) groups excluding carboxylic acids is 1. The van der Waals surface area contributed by atoms with Crippen molar-refractivity contribution in [2.24, 2.45) is 0 Å². The number of fused-ring (bicyclic) bond motifs is 1. The van der Waals surface area contributed by atoms with Gasteiger partial charge < -0.3 is 19.0 Å². The van der Waals surface area contributed by atoms with Crippen molar-refractivity contribution in [1.82, 2.24) is 9.88 Å². The highest BCUT2D eigenvalue weighted by Gasteiger charge is 2.31. The lowest BCUT2D eigenvalue weighted by Crippen LogP contribution is -2.35. The van der Waals surface area contributed by atoms with Gasteiger partial charge in [-0.25, -0.2) is 9.78 Å². The van der Waals surface area contributed by atoms with E-state index >= 15 is 0 Å². The third-order valence-electron chi connectivity index (χ3n) is 6.33. The van der Waals surface area contributed by atoms with Crippen molar-refractivity contribution >= 4 is 22.7 Å². The van der Waals surface area contributed by atoms with Crippen molar-refractivity contribution in [1.29, 1.82) is 0 Å². The Kier molecular flexibility index (Phi) is 7.00. The molecule has 1 aromatic carbocycles. The predicted octanol–water partition coefficient (Wildman–Crippen LogP) is 4.20. The fourth-order valence-corrected chi connectivity index (χ4v) is 4.32. The fourth-order valence-electron chi connectivity index (χ4n) is 4.32. The molecule has 0 N–H and O–H groups in total. The van der Waals surface area contributed by atoms with Crippen LogP contribution in [0, 0.1) is 6.92 Å². The normalized spacial score (nSPS) is 14.8. The second-order valence-electron chi connectivity index (χ2n) is 8.48. The van der Waals surface area contributed by atoms with Crippen LogP contribution in [0.25, 0.3) is 11.0 Å². The van der Waals surface area contributed by atoms with E-state index in [2.05, 4.69) is 4.98 Å². The van der Waals surface area contributed by atoms with Crippen LogP contribution < -0.4 is 15.3 Å². The molecular formula is C25H26F3N3O4. The summed E-state index contributed by atoms with van der Waals surface area (Å²) in [6, 6.07) is 7.66. The van der Waals surface area contributed by atoms with Crippen molar-refractivity contribution in [2.75, 3.05) is 38.2 Å². The molecule has 0 saturated carbocycles. The van der Waals surface area contributed by atoms with E-state index in [0.717, 1.165) is 23.2 Å². The number of methoxy groups -OCH3 is 1. The van der Waals surface area contributed by atoms with E-state index in [4.69, 9.17) is 9.15 Å². The third kappa shape index (κ3) is 5.41. The Labute approximate surface area is 200 Å². The van der Waals surface area contributed by atoms with Gasteiger partial charge in [0.2, 0.25) is 5.91 Å². The second-order valence-corrected chi connectivity index (χ2v) is 8.48. The topological polar surface area (TPSA) is 75.9 Å². The summed E-state index contributed by atoms with van der Waals surface area (Å²) in [7, 11) is 1.54. The number of rotatable bonds is 5. The highest BCUT2D eigenvalue weighted by molar-refractivity contribution is 5.83. The average Bonchev–Trinajstić information content (AvgIpc) is 3.09. The van der Waals surface area contributed by atoms with Gasteiger partial charge in [0.05, 0.1) is 12.7 Å². The Morgan fingerprint density at radius 3 is 2.63 bits per heavy atom. The minimum Gasteiger partial charge on any atom is -0.497 e. The van der Waals surface area contributed by atoms with E-state index in [1.165, 1.54) is 13.2 Å². The number of halogens is 3. The van der Waals surface area contributed by atoms with Gasteiger partial charge in [0, 0.05) is 55.8 Å². The number of pyridine rings is 1. The number of aryl methyl sites for hydroxylation is 1. The van der Waals surface area contributed by atoms with E-state index in [0.29, 0.717) is 55.3 Å². The summed E-state index contributed by atoms with van der Waals surface area (Å²) >= 11 is 0. The minimum atomic E-state index is -4.43. The maximum absolute atomic E-state index is 12.9. The molecule has 3 aromatic rings. The van der Waals surface area contributed by atoms with Crippen LogP contribution in [-0.4, -0.2) is 49.1 Å². The average molecular weight is 489 g/mol. The standard InChI is InChI=1S/C25H26F3N3O4/c1-16-19-6-5-18(34-2)14-21(19)35-24(33)20(16)7-9-23(32)31-11-3-10-30(12-13-31)22-8-4-17(15-29-22)25(26,27)28/h4-6,8,14-15H,3,7,9-13H2,1-2H3. The number of hydrogen-bond acceptors (Lipinski definition) is 6. The maximum atomic E-state index is 12.9. The van der Waals surface area contributed by atoms with Crippen molar-refractivity contribution in [3.05, 3.63) is 63.6 Å². The summed E-state index contributed by atoms with van der Waals surface area (Å²) in [5.41, 5.74) is 0.432. The van der Waals surface area contributed by atoms with Crippen LogP contribution in [0.2, 0.25) is 0 Å². The van der Waals surface area contributed by atoms with Crippen LogP contribution in [0.15, 0.2) is 45.7 Å². The molecule has 2 aromatic heterocycles. The van der Waals surface area contributed by atoms with Crippen LogP contribution in [0.3, 0.4) is 0 Å². The molecule has 0 aliphatic carbocycles. The highest BCUT2D eigenvalue weighted by Crippen LogP contribution is 2.29. The molecule has 0 unspecified atom stereocenters. The van der Waals surface area contributed by atoms with Crippen molar-refractivity contribution in [3.63, 3.8) is 0 Å². The van der Waals surface area contributed by atoms with Gasteiger partial charge >= 0.3 is 11.8 Å². The molecular weight excluding hydrogens is 463 g/mol. The zero-order valence-electron chi connectivity index (χ0n) is 19.5. The molecule has 0 radical (unpaired) electrons. The Bertz CT molecular complexity index is 1270. The van der Waals surface area contributed by atoms with E-state index in [1.807, 2.05) is 17.9 Å². The maximum Gasteiger partial charge on any atom is 0.417 e. The number of nitrogens with zero attached hydrogens (tertiary/aromatic N) is 3. The van der Waals surface area contributed by atoms with Gasteiger partial charge in [-0.3, -0.25) is 4.79 Å². The molecule has 35 heavy (non-hydrogen) atoms. The summed E-state index contributed by atoms with van der Waals surface area (Å²) < 4.78 is 49.0. The first-order valence-electron chi connectivity index (χ1n) is 11.3. The zero-order chi connectivity index (χ0) is 25.2. The number of anilines is 1. The number of alkyl halides is 3. The predicted molar refractivity (Wildman–Crippen MR) is 125 cm³/mol. The van der Waals surface area contributed by atoms with Crippen molar-refractivity contribution in [2.45, 2.75) is 32.4 Å². The van der Waals surface area contributed by atoms with Gasteiger partial charge in [-0.15, -0.1) is 0 Å². The first-order valence-corrected chi connectivity index (χ1v) is 11.3. The van der Waals surface area contributed by atoms with Crippen LogP contribution in [0.1, 0.15) is 29.5 Å². The Morgan fingerprint density at radius 2 is 1.94 bits per heavy atom. The van der Waals surface area contributed by atoms with Gasteiger partial charge in [0.25, 0.3) is 0 Å². The molecule has 0 bridgehead atoms. The smallest absolute Gasteiger partial charge is 0.417 e. The number of ether oxygens (including phenoxy) is 1. The molecule has 10 heteroatoms. The van der Waals surface area contributed by atoms with Crippen LogP contribution in [0.4, 0.5) is 19.0 Å². The molecule has 1 saturated heterocycles. The van der Waals surface area contributed by atoms with E-state index in [-0.39, 0.29) is 18.7 Å². The van der Waals surface area contributed by atoms with Crippen LogP contribution in [-0.2, 0) is 17.4 Å². The number of carbonyl (C=O) groups is 1. The van der Waals surface area contributed by atoms with Gasteiger partial charge in [-0.2, -0.15) is 13.2 Å². The molecule has 1 amide bonds. The summed E-state index contributed by atoms with van der Waals surface area (Å²) in [5.74, 6) is 0.957. The zero-order valence-corrected chi connectivity index (χ0v) is 19.5. The highest BCUT2D eigenvalue weighted by atomic mass is 19.4. The Morgan fingerprint density at radius 1 is 1.14 bits per heavy atom. The first kappa shape index (κ1) is 24.6. The summed E-state index contributed by atoms with van der Waals surface area (Å²) in [5, 5.41) is 0.794. The Balaban J connectivity index is 1.39. The van der Waals surface area contributed by atoms with Crippen LogP contribution in [0.5, 0.6) is 5.75 Å². The number of benzene rings is 1. The van der Waals surface area contributed by atoms with Crippen molar-refractivity contribution in [3.8, 4) is 5.75 Å². The van der Waals surface area contributed by atoms with Gasteiger partial charge in [-0.1, -0.05) is 0 Å². The molecule has 1 fully saturated rings. The molecule has 1 aliphatic heterocycles. The molecule has 4 rings (SSSR count). The molecule has 0 spiro atoms. The third-order valence-corrected chi connectivity index (χ3v) is 6.33. The second kappa shape index (κ2) is 9.97. The Hall–Kier alpha value is -3.56. The number of hydrogen-bond donors (Lipinski definition) is 0.